The number of hydrogen-bond donors (Lipinski definition) is 0. The van der Waals surface area contributed by atoms with Crippen LogP contribution in [-0.2, 0) is 0 Å². The fourth-order valence-corrected chi connectivity index (χ4v) is 9.48. The molecule has 0 N–H and O–H groups in total. The van der Waals surface area contributed by atoms with E-state index in [9.17, 15) is 0 Å². The van der Waals surface area contributed by atoms with E-state index < -0.39 is 0 Å². The van der Waals surface area contributed by atoms with Gasteiger partial charge in [0.05, 0.1) is 10.4 Å². The SMILES string of the molecule is c1ccc(-c2ccc(N(c3cc(-c4ccccc4)c4oc5c6ccccc6c(-c6ccccc6)cc5c4c3)c3cccc4c3sc3ccccc34)cc2)cc1. The summed E-state index contributed by atoms with van der Waals surface area (Å²) in [6.45, 7) is 0. The highest BCUT2D eigenvalue weighted by atomic mass is 32.1. The second-order valence-electron chi connectivity index (χ2n) is 14.1. The molecule has 0 radical (unpaired) electrons. The molecule has 0 amide bonds. The monoisotopic (exact) mass is 719 g/mol. The summed E-state index contributed by atoms with van der Waals surface area (Å²) >= 11 is 1.86. The lowest BCUT2D eigenvalue weighted by molar-refractivity contribution is 0.674. The van der Waals surface area contributed by atoms with Crippen molar-refractivity contribution in [2.45, 2.75) is 0 Å². The van der Waals surface area contributed by atoms with Gasteiger partial charge in [-0.3, -0.25) is 0 Å². The standard InChI is InChI=1S/C52H33NOS/c1-4-15-34(16-5-1)35-27-29-38(30-28-35)53(48-25-14-24-43-41-22-12-13-26-49(41)55-52(43)48)39-31-45(37-19-8-3-9-20-37)51-46(32-39)47-33-44(36-17-6-2-7-18-36)40-21-10-11-23-42(40)50(47)54-51/h1-33H. The molecule has 0 bridgehead atoms. The fraction of sp³-hybridized carbons (Fsp3) is 0. The van der Waals surface area contributed by atoms with Crippen LogP contribution in [0.25, 0.3) is 86.3 Å². The van der Waals surface area contributed by atoms with E-state index in [1.165, 1.54) is 47.8 Å². The molecule has 11 rings (SSSR count). The number of hydrogen-bond acceptors (Lipinski definition) is 3. The van der Waals surface area contributed by atoms with Crippen molar-refractivity contribution < 1.29 is 4.42 Å². The van der Waals surface area contributed by atoms with Gasteiger partial charge < -0.3 is 9.32 Å². The largest absolute Gasteiger partial charge is 0.455 e. The minimum Gasteiger partial charge on any atom is -0.455 e. The van der Waals surface area contributed by atoms with Crippen molar-refractivity contribution >= 4 is 81.3 Å². The lowest BCUT2D eigenvalue weighted by Gasteiger charge is -2.27. The molecule has 3 heteroatoms. The highest BCUT2D eigenvalue weighted by Crippen LogP contribution is 2.49. The van der Waals surface area contributed by atoms with Crippen molar-refractivity contribution in [3.8, 4) is 33.4 Å². The van der Waals surface area contributed by atoms with Gasteiger partial charge in [-0.15, -0.1) is 11.3 Å². The van der Waals surface area contributed by atoms with E-state index in [2.05, 4.69) is 205 Å². The molecule has 0 atom stereocenters. The minimum absolute atomic E-state index is 0.889. The molecule has 0 spiro atoms. The number of rotatable bonds is 6. The Kier molecular flexibility index (Phi) is 7.39. The van der Waals surface area contributed by atoms with Crippen molar-refractivity contribution in [2.75, 3.05) is 4.90 Å². The third-order valence-electron chi connectivity index (χ3n) is 10.8. The van der Waals surface area contributed by atoms with Crippen molar-refractivity contribution in [3.63, 3.8) is 0 Å². The quantitative estimate of drug-likeness (QED) is 0.170. The van der Waals surface area contributed by atoms with E-state index in [-0.39, 0.29) is 0 Å². The second kappa shape index (κ2) is 12.9. The van der Waals surface area contributed by atoms with Crippen LogP contribution in [0.15, 0.2) is 205 Å². The summed E-state index contributed by atoms with van der Waals surface area (Å²) in [6, 6.07) is 72.1. The van der Waals surface area contributed by atoms with Crippen LogP contribution in [0, 0.1) is 0 Å². The highest BCUT2D eigenvalue weighted by Gasteiger charge is 2.23. The molecular formula is C52H33NOS. The molecule has 0 aliphatic carbocycles. The fourth-order valence-electron chi connectivity index (χ4n) is 8.27. The minimum atomic E-state index is 0.889. The molecule has 0 saturated heterocycles. The highest BCUT2D eigenvalue weighted by molar-refractivity contribution is 7.26. The van der Waals surface area contributed by atoms with E-state index >= 15 is 0 Å². The predicted molar refractivity (Wildman–Crippen MR) is 235 cm³/mol. The molecule has 9 aromatic carbocycles. The van der Waals surface area contributed by atoms with Crippen LogP contribution < -0.4 is 4.90 Å². The van der Waals surface area contributed by atoms with Crippen LogP contribution in [0.5, 0.6) is 0 Å². The Balaban J connectivity index is 1.23. The third-order valence-corrected chi connectivity index (χ3v) is 12.1. The van der Waals surface area contributed by atoms with Gasteiger partial charge in [0.15, 0.2) is 0 Å². The molecule has 0 aliphatic rings. The smallest absolute Gasteiger partial charge is 0.143 e. The number of nitrogens with zero attached hydrogens (tertiary/aromatic N) is 1. The molecule has 2 nitrogen and oxygen atoms in total. The van der Waals surface area contributed by atoms with Crippen LogP contribution in [0.1, 0.15) is 0 Å². The first kappa shape index (κ1) is 31.6. The van der Waals surface area contributed by atoms with E-state index in [0.717, 1.165) is 55.5 Å². The van der Waals surface area contributed by atoms with Crippen LogP contribution in [0.4, 0.5) is 17.1 Å². The van der Waals surface area contributed by atoms with E-state index in [1.54, 1.807) is 0 Å². The van der Waals surface area contributed by atoms with Crippen LogP contribution in [0.2, 0.25) is 0 Å². The first-order valence-corrected chi connectivity index (χ1v) is 19.5. The number of anilines is 3. The Morgan fingerprint density at radius 1 is 0.345 bits per heavy atom. The number of thiophene rings is 1. The van der Waals surface area contributed by atoms with Crippen molar-refractivity contribution in [3.05, 3.63) is 200 Å². The van der Waals surface area contributed by atoms with Gasteiger partial charge in [0, 0.05) is 48.6 Å². The molecule has 0 aliphatic heterocycles. The van der Waals surface area contributed by atoms with Gasteiger partial charge in [-0.25, -0.2) is 0 Å². The van der Waals surface area contributed by atoms with Gasteiger partial charge in [-0.05, 0) is 75.7 Å². The van der Waals surface area contributed by atoms with Crippen molar-refractivity contribution in [1.29, 1.82) is 0 Å². The summed E-state index contributed by atoms with van der Waals surface area (Å²) in [4.78, 5) is 2.44. The summed E-state index contributed by atoms with van der Waals surface area (Å²) < 4.78 is 9.59. The molecule has 2 heterocycles. The Hall–Kier alpha value is -6.94. The summed E-state index contributed by atoms with van der Waals surface area (Å²) in [7, 11) is 0. The summed E-state index contributed by atoms with van der Waals surface area (Å²) in [5.41, 5.74) is 12.0. The van der Waals surface area contributed by atoms with Gasteiger partial charge >= 0.3 is 0 Å². The van der Waals surface area contributed by atoms with Gasteiger partial charge in [-0.1, -0.05) is 158 Å². The topological polar surface area (TPSA) is 16.4 Å². The molecule has 2 aromatic heterocycles. The summed E-state index contributed by atoms with van der Waals surface area (Å²) in [5.74, 6) is 0. The average molecular weight is 720 g/mol. The Morgan fingerprint density at radius 3 is 1.64 bits per heavy atom. The Bertz CT molecular complexity index is 3180. The first-order chi connectivity index (χ1) is 27.3. The molecular weight excluding hydrogens is 687 g/mol. The van der Waals surface area contributed by atoms with E-state index in [4.69, 9.17) is 4.42 Å². The average Bonchev–Trinajstić information content (AvgIpc) is 3.84. The molecule has 0 unspecified atom stereocenters. The zero-order valence-electron chi connectivity index (χ0n) is 29.8. The molecule has 0 saturated carbocycles. The summed E-state index contributed by atoms with van der Waals surface area (Å²) in [5, 5.41) is 7.03. The van der Waals surface area contributed by atoms with Gasteiger partial charge in [-0.2, -0.15) is 0 Å². The zero-order chi connectivity index (χ0) is 36.3. The number of fused-ring (bicyclic) bond motifs is 8. The lowest BCUT2D eigenvalue weighted by Crippen LogP contribution is -2.10. The Labute approximate surface area is 322 Å². The molecule has 55 heavy (non-hydrogen) atoms. The normalized spacial score (nSPS) is 11.6. The lowest BCUT2D eigenvalue weighted by atomic mass is 9.94. The third kappa shape index (κ3) is 5.24. The maximum Gasteiger partial charge on any atom is 0.143 e. The Morgan fingerprint density at radius 2 is 0.909 bits per heavy atom. The van der Waals surface area contributed by atoms with Crippen molar-refractivity contribution in [2.24, 2.45) is 0 Å². The van der Waals surface area contributed by atoms with Gasteiger partial charge in [0.2, 0.25) is 0 Å². The van der Waals surface area contributed by atoms with Crippen LogP contribution >= 0.6 is 11.3 Å². The van der Waals surface area contributed by atoms with Gasteiger partial charge in [0.25, 0.3) is 0 Å². The van der Waals surface area contributed by atoms with E-state index in [1.807, 2.05) is 11.3 Å². The predicted octanol–water partition coefficient (Wildman–Crippen LogP) is 15.6. The second-order valence-corrected chi connectivity index (χ2v) is 15.1. The van der Waals surface area contributed by atoms with Crippen LogP contribution in [-0.4, -0.2) is 0 Å². The van der Waals surface area contributed by atoms with Gasteiger partial charge in [0.1, 0.15) is 11.2 Å². The molecule has 0 fully saturated rings. The maximum absolute atomic E-state index is 7.05. The van der Waals surface area contributed by atoms with Crippen molar-refractivity contribution in [1.82, 2.24) is 0 Å². The van der Waals surface area contributed by atoms with E-state index in [0.29, 0.717) is 0 Å². The molecule has 258 valence electrons. The van der Waals surface area contributed by atoms with Crippen LogP contribution in [0.3, 0.4) is 0 Å². The maximum atomic E-state index is 7.05. The number of furan rings is 1. The zero-order valence-corrected chi connectivity index (χ0v) is 30.6. The molecule has 11 aromatic rings. The number of benzene rings is 9. The summed E-state index contributed by atoms with van der Waals surface area (Å²) in [6.07, 6.45) is 0. The first-order valence-electron chi connectivity index (χ1n) is 18.7.